The lowest BCUT2D eigenvalue weighted by Gasteiger charge is -2.24. The molecular formula is C25H29N3O5S. The molecule has 1 heterocycles. The van der Waals surface area contributed by atoms with Gasteiger partial charge in [0.25, 0.3) is 0 Å². The number of nitrogens with zero attached hydrogens (tertiary/aromatic N) is 2. The van der Waals surface area contributed by atoms with Gasteiger partial charge in [0, 0.05) is 11.3 Å². The van der Waals surface area contributed by atoms with E-state index >= 15 is 0 Å². The highest BCUT2D eigenvalue weighted by Gasteiger charge is 2.29. The van der Waals surface area contributed by atoms with E-state index in [-0.39, 0.29) is 17.4 Å². The molecule has 1 aliphatic carbocycles. The first-order chi connectivity index (χ1) is 16.4. The number of sulfonamides is 1. The van der Waals surface area contributed by atoms with Crippen LogP contribution in [0.2, 0.25) is 0 Å². The normalized spacial score (nSPS) is 15.5. The van der Waals surface area contributed by atoms with Gasteiger partial charge in [0.05, 0.1) is 30.3 Å². The van der Waals surface area contributed by atoms with Crippen molar-refractivity contribution in [2.75, 3.05) is 13.2 Å². The Balaban J connectivity index is 1.50. The number of esters is 1. The van der Waals surface area contributed by atoms with Gasteiger partial charge in [0.2, 0.25) is 10.0 Å². The molecule has 3 aromatic rings. The van der Waals surface area contributed by atoms with E-state index in [2.05, 4.69) is 9.82 Å². The zero-order valence-electron chi connectivity index (χ0n) is 19.4. The quantitative estimate of drug-likeness (QED) is 0.464. The Morgan fingerprint density at radius 1 is 1.12 bits per heavy atom. The predicted octanol–water partition coefficient (Wildman–Crippen LogP) is 3.87. The van der Waals surface area contributed by atoms with Crippen molar-refractivity contribution in [3.63, 3.8) is 0 Å². The molecule has 0 saturated carbocycles. The van der Waals surface area contributed by atoms with E-state index < -0.39 is 16.1 Å². The van der Waals surface area contributed by atoms with E-state index in [9.17, 15) is 13.2 Å². The molecule has 0 fully saturated rings. The van der Waals surface area contributed by atoms with Crippen LogP contribution < -0.4 is 9.46 Å². The summed E-state index contributed by atoms with van der Waals surface area (Å²) in [5.74, 6) is 0.415. The van der Waals surface area contributed by atoms with Crippen molar-refractivity contribution >= 4 is 16.0 Å². The van der Waals surface area contributed by atoms with Gasteiger partial charge >= 0.3 is 5.97 Å². The lowest BCUT2D eigenvalue weighted by Crippen LogP contribution is -2.31. The average molecular weight is 484 g/mol. The molecule has 0 spiro atoms. The highest BCUT2D eigenvalue weighted by atomic mass is 32.2. The largest absolute Gasteiger partial charge is 0.494 e. The van der Waals surface area contributed by atoms with Crippen LogP contribution in [0.15, 0.2) is 59.6 Å². The Labute approximate surface area is 199 Å². The Morgan fingerprint density at radius 2 is 1.91 bits per heavy atom. The van der Waals surface area contributed by atoms with Crippen molar-refractivity contribution in [3.05, 3.63) is 66.0 Å². The van der Waals surface area contributed by atoms with Gasteiger partial charge < -0.3 is 9.47 Å². The van der Waals surface area contributed by atoms with Gasteiger partial charge in [-0.3, -0.25) is 9.48 Å². The molecular weight excluding hydrogens is 454 g/mol. The Bertz CT molecular complexity index is 1250. The lowest BCUT2D eigenvalue weighted by atomic mass is 9.94. The van der Waals surface area contributed by atoms with E-state index in [0.717, 1.165) is 41.0 Å². The first kappa shape index (κ1) is 24.0. The van der Waals surface area contributed by atoms with Crippen molar-refractivity contribution in [1.29, 1.82) is 0 Å². The molecule has 1 atom stereocenters. The summed E-state index contributed by atoms with van der Waals surface area (Å²) in [7, 11) is -3.74. The van der Waals surface area contributed by atoms with Gasteiger partial charge in [-0.2, -0.15) is 5.10 Å². The van der Waals surface area contributed by atoms with Crippen LogP contribution in [0.1, 0.15) is 44.0 Å². The summed E-state index contributed by atoms with van der Waals surface area (Å²) in [4.78, 5) is 12.1. The minimum absolute atomic E-state index is 0.0224. The number of hydrogen-bond acceptors (Lipinski definition) is 6. The molecule has 0 bridgehead atoms. The lowest BCUT2D eigenvalue weighted by molar-refractivity contribution is -0.144. The molecule has 1 aromatic heterocycles. The monoisotopic (exact) mass is 483 g/mol. The summed E-state index contributed by atoms with van der Waals surface area (Å²) >= 11 is 0. The van der Waals surface area contributed by atoms with Crippen molar-refractivity contribution in [3.8, 4) is 16.9 Å². The third-order valence-corrected chi connectivity index (χ3v) is 7.27. The molecule has 1 aliphatic rings. The molecule has 8 nitrogen and oxygen atoms in total. The highest BCUT2D eigenvalue weighted by molar-refractivity contribution is 7.89. The number of benzene rings is 2. The maximum atomic E-state index is 13.1. The number of rotatable bonds is 9. The zero-order valence-corrected chi connectivity index (χ0v) is 20.2. The van der Waals surface area contributed by atoms with Crippen LogP contribution in [-0.4, -0.2) is 37.4 Å². The van der Waals surface area contributed by atoms with Crippen molar-refractivity contribution in [2.45, 2.75) is 50.6 Å². The standard InChI is InChI=1S/C25H29N3O5S/c1-3-32-20-8-5-7-19(15-20)18-11-13-21(14-12-18)34(30,31)27-23-9-6-10-24-22(23)16-26-28(24)17-25(29)33-4-2/h5,7-8,11-16,23,27H,3-4,6,9-10,17H2,1-2H3. The second-order valence-corrected chi connectivity index (χ2v) is 9.77. The van der Waals surface area contributed by atoms with Crippen molar-refractivity contribution in [2.24, 2.45) is 0 Å². The third kappa shape index (κ3) is 5.31. The molecule has 1 N–H and O–H groups in total. The Hall–Kier alpha value is -3.17. The van der Waals surface area contributed by atoms with Gasteiger partial charge in [-0.15, -0.1) is 0 Å². The van der Waals surface area contributed by atoms with Gasteiger partial charge in [-0.1, -0.05) is 24.3 Å². The number of ether oxygens (including phenoxy) is 2. The second kappa shape index (κ2) is 10.4. The summed E-state index contributed by atoms with van der Waals surface area (Å²) in [6.45, 7) is 4.60. The molecule has 9 heteroatoms. The number of fused-ring (bicyclic) bond motifs is 1. The molecule has 2 aromatic carbocycles. The molecule has 4 rings (SSSR count). The molecule has 0 aliphatic heterocycles. The Morgan fingerprint density at radius 3 is 2.65 bits per heavy atom. The van der Waals surface area contributed by atoms with E-state index in [1.54, 1.807) is 42.1 Å². The van der Waals surface area contributed by atoms with Crippen LogP contribution in [0.4, 0.5) is 0 Å². The molecule has 180 valence electrons. The highest BCUT2D eigenvalue weighted by Crippen LogP contribution is 2.31. The first-order valence-corrected chi connectivity index (χ1v) is 13.0. The topological polar surface area (TPSA) is 99.5 Å². The summed E-state index contributed by atoms with van der Waals surface area (Å²) in [6.07, 6.45) is 3.85. The van der Waals surface area contributed by atoms with Gasteiger partial charge in [-0.05, 0) is 68.5 Å². The maximum absolute atomic E-state index is 13.1. The van der Waals surface area contributed by atoms with Gasteiger partial charge in [0.15, 0.2) is 0 Å². The van der Waals surface area contributed by atoms with Gasteiger partial charge in [-0.25, -0.2) is 13.1 Å². The van der Waals surface area contributed by atoms with Crippen LogP contribution in [0.5, 0.6) is 5.75 Å². The smallest absolute Gasteiger partial charge is 0.327 e. The summed E-state index contributed by atoms with van der Waals surface area (Å²) in [6, 6.07) is 14.1. The molecule has 0 amide bonds. The van der Waals surface area contributed by atoms with Gasteiger partial charge in [0.1, 0.15) is 12.3 Å². The zero-order chi connectivity index (χ0) is 24.1. The van der Waals surface area contributed by atoms with E-state index in [1.165, 1.54) is 0 Å². The van der Waals surface area contributed by atoms with Crippen LogP contribution in [0.3, 0.4) is 0 Å². The number of hydrogen-bond donors (Lipinski definition) is 1. The average Bonchev–Trinajstić information content (AvgIpc) is 3.23. The first-order valence-electron chi connectivity index (χ1n) is 11.5. The maximum Gasteiger partial charge on any atom is 0.327 e. The van der Waals surface area contributed by atoms with Crippen LogP contribution >= 0.6 is 0 Å². The fourth-order valence-corrected chi connectivity index (χ4v) is 5.47. The number of aromatic nitrogens is 2. The van der Waals surface area contributed by atoms with E-state index in [0.29, 0.717) is 19.6 Å². The summed E-state index contributed by atoms with van der Waals surface area (Å²) in [5, 5.41) is 4.31. The summed E-state index contributed by atoms with van der Waals surface area (Å²) in [5.41, 5.74) is 3.54. The third-order valence-electron chi connectivity index (χ3n) is 5.79. The fourth-order valence-electron chi connectivity index (χ4n) is 4.22. The van der Waals surface area contributed by atoms with E-state index in [1.807, 2.05) is 31.2 Å². The molecule has 1 unspecified atom stereocenters. The van der Waals surface area contributed by atoms with E-state index in [4.69, 9.17) is 9.47 Å². The fraction of sp³-hybridized carbons (Fsp3) is 0.360. The molecule has 34 heavy (non-hydrogen) atoms. The minimum Gasteiger partial charge on any atom is -0.494 e. The summed E-state index contributed by atoms with van der Waals surface area (Å²) < 4.78 is 41.3. The van der Waals surface area contributed by atoms with Crippen molar-refractivity contribution < 1.29 is 22.7 Å². The Kier molecular flexibility index (Phi) is 7.33. The minimum atomic E-state index is -3.74. The van der Waals surface area contributed by atoms with Crippen LogP contribution in [0, 0.1) is 0 Å². The second-order valence-electron chi connectivity index (χ2n) is 8.06. The number of carbonyl (C=O) groups is 1. The SMILES string of the molecule is CCOC(=O)Cn1ncc2c1CCCC2NS(=O)(=O)c1ccc(-c2cccc(OCC)c2)cc1. The van der Waals surface area contributed by atoms with Crippen molar-refractivity contribution in [1.82, 2.24) is 14.5 Å². The number of nitrogens with one attached hydrogen (secondary N) is 1. The number of carbonyl (C=O) groups excluding carboxylic acids is 1. The molecule has 0 radical (unpaired) electrons. The molecule has 0 saturated heterocycles. The van der Waals surface area contributed by atoms with Crippen LogP contribution in [0.25, 0.3) is 11.1 Å². The predicted molar refractivity (Wildman–Crippen MR) is 128 cm³/mol. The van der Waals surface area contributed by atoms with Crippen LogP contribution in [-0.2, 0) is 32.5 Å².